The summed E-state index contributed by atoms with van der Waals surface area (Å²) < 4.78 is 4.74. The Morgan fingerprint density at radius 1 is 1.27 bits per heavy atom. The average Bonchev–Trinajstić information content (AvgIpc) is 2.50. The number of methoxy groups -OCH3 is 1. The molecular weight excluding hydrogens is 284 g/mol. The molecule has 0 fully saturated rings. The van der Waals surface area contributed by atoms with Gasteiger partial charge in [-0.25, -0.2) is 4.79 Å². The highest BCUT2D eigenvalue weighted by Crippen LogP contribution is 2.13. The number of ether oxygens (including phenoxy) is 1. The SMILES string of the molecule is CC[C@H](C)[C@@H](NC(=O)c1cccc(NC(C)=O)c1)C(=O)OC. The van der Waals surface area contributed by atoms with Crippen LogP contribution in [0.1, 0.15) is 37.6 Å². The van der Waals surface area contributed by atoms with Crippen molar-refractivity contribution in [1.29, 1.82) is 0 Å². The lowest BCUT2D eigenvalue weighted by Gasteiger charge is -2.22. The van der Waals surface area contributed by atoms with E-state index in [0.29, 0.717) is 11.3 Å². The topological polar surface area (TPSA) is 84.5 Å². The minimum absolute atomic E-state index is 0.0464. The molecule has 2 N–H and O–H groups in total. The summed E-state index contributed by atoms with van der Waals surface area (Å²) in [5, 5.41) is 5.30. The molecule has 0 aliphatic rings. The number of nitrogens with one attached hydrogen (secondary N) is 2. The zero-order valence-electron chi connectivity index (χ0n) is 13.3. The highest BCUT2D eigenvalue weighted by molar-refractivity contribution is 5.98. The molecule has 0 saturated carbocycles. The first-order chi connectivity index (χ1) is 10.4. The third-order valence-corrected chi connectivity index (χ3v) is 3.40. The Morgan fingerprint density at radius 2 is 1.95 bits per heavy atom. The number of hydrogen-bond acceptors (Lipinski definition) is 4. The predicted octanol–water partition coefficient (Wildman–Crippen LogP) is 1.96. The van der Waals surface area contributed by atoms with Crippen LogP contribution in [0.15, 0.2) is 24.3 Å². The molecule has 0 aliphatic carbocycles. The van der Waals surface area contributed by atoms with Gasteiger partial charge in [-0.3, -0.25) is 9.59 Å². The van der Waals surface area contributed by atoms with E-state index in [1.165, 1.54) is 14.0 Å². The highest BCUT2D eigenvalue weighted by Gasteiger charge is 2.27. The fourth-order valence-corrected chi connectivity index (χ4v) is 1.96. The van der Waals surface area contributed by atoms with Crippen LogP contribution in [0.4, 0.5) is 5.69 Å². The van der Waals surface area contributed by atoms with Crippen LogP contribution in [-0.4, -0.2) is 30.9 Å². The first-order valence-electron chi connectivity index (χ1n) is 7.15. The molecule has 0 radical (unpaired) electrons. The van der Waals surface area contributed by atoms with Crippen molar-refractivity contribution in [2.24, 2.45) is 5.92 Å². The van der Waals surface area contributed by atoms with Gasteiger partial charge in [-0.15, -0.1) is 0 Å². The first kappa shape index (κ1) is 17.7. The number of hydrogen-bond donors (Lipinski definition) is 2. The molecule has 0 bridgehead atoms. The van der Waals surface area contributed by atoms with E-state index in [1.54, 1.807) is 24.3 Å². The van der Waals surface area contributed by atoms with Crippen molar-refractivity contribution in [3.05, 3.63) is 29.8 Å². The van der Waals surface area contributed by atoms with Crippen molar-refractivity contribution in [3.8, 4) is 0 Å². The summed E-state index contributed by atoms with van der Waals surface area (Å²) in [7, 11) is 1.29. The minimum Gasteiger partial charge on any atom is -0.467 e. The lowest BCUT2D eigenvalue weighted by Crippen LogP contribution is -2.45. The van der Waals surface area contributed by atoms with Crippen LogP contribution in [0, 0.1) is 5.92 Å². The normalized spacial score (nSPS) is 12.9. The van der Waals surface area contributed by atoms with E-state index in [2.05, 4.69) is 10.6 Å². The molecule has 6 heteroatoms. The Hall–Kier alpha value is -2.37. The van der Waals surface area contributed by atoms with Gasteiger partial charge in [0.05, 0.1) is 7.11 Å². The fraction of sp³-hybridized carbons (Fsp3) is 0.438. The molecule has 0 aromatic heterocycles. The van der Waals surface area contributed by atoms with Crippen molar-refractivity contribution in [1.82, 2.24) is 5.32 Å². The van der Waals surface area contributed by atoms with Crippen molar-refractivity contribution in [2.45, 2.75) is 33.2 Å². The van der Waals surface area contributed by atoms with Crippen molar-refractivity contribution in [3.63, 3.8) is 0 Å². The number of amides is 2. The third kappa shape index (κ3) is 4.87. The molecule has 6 nitrogen and oxygen atoms in total. The molecule has 2 amide bonds. The van der Waals surface area contributed by atoms with Crippen molar-refractivity contribution < 1.29 is 19.1 Å². The van der Waals surface area contributed by atoms with Gasteiger partial charge in [-0.05, 0) is 24.1 Å². The Balaban J connectivity index is 2.90. The maximum absolute atomic E-state index is 12.3. The van der Waals surface area contributed by atoms with E-state index in [1.807, 2.05) is 13.8 Å². The summed E-state index contributed by atoms with van der Waals surface area (Å²) in [4.78, 5) is 35.2. The van der Waals surface area contributed by atoms with Crippen molar-refractivity contribution in [2.75, 3.05) is 12.4 Å². The first-order valence-corrected chi connectivity index (χ1v) is 7.15. The average molecular weight is 306 g/mol. The molecule has 0 heterocycles. The van der Waals surface area contributed by atoms with E-state index >= 15 is 0 Å². The molecule has 0 spiro atoms. The predicted molar refractivity (Wildman–Crippen MR) is 83.5 cm³/mol. The Kier molecular flexibility index (Phi) is 6.56. The minimum atomic E-state index is -0.702. The largest absolute Gasteiger partial charge is 0.467 e. The lowest BCUT2D eigenvalue weighted by atomic mass is 9.99. The second-order valence-electron chi connectivity index (χ2n) is 5.12. The Bertz CT molecular complexity index is 557. The standard InChI is InChI=1S/C16H22N2O4/c1-5-10(2)14(16(21)22-4)18-15(20)12-7-6-8-13(9-12)17-11(3)19/h6-10,14H,5H2,1-4H3,(H,17,19)(H,18,20)/t10-,14+/m0/s1. The third-order valence-electron chi connectivity index (χ3n) is 3.40. The smallest absolute Gasteiger partial charge is 0.328 e. The lowest BCUT2D eigenvalue weighted by molar-refractivity contribution is -0.144. The molecule has 0 aliphatic heterocycles. The summed E-state index contributed by atoms with van der Waals surface area (Å²) in [5.41, 5.74) is 0.891. The maximum Gasteiger partial charge on any atom is 0.328 e. The summed E-state index contributed by atoms with van der Waals surface area (Å²) in [6.45, 7) is 5.20. The monoisotopic (exact) mass is 306 g/mol. The number of rotatable bonds is 6. The number of carbonyl (C=O) groups excluding carboxylic acids is 3. The maximum atomic E-state index is 12.3. The molecule has 1 aromatic carbocycles. The molecule has 1 rings (SSSR count). The molecule has 1 aromatic rings. The summed E-state index contributed by atoms with van der Waals surface area (Å²) >= 11 is 0. The highest BCUT2D eigenvalue weighted by atomic mass is 16.5. The van der Waals surface area contributed by atoms with Crippen LogP contribution in [-0.2, 0) is 14.3 Å². The number of anilines is 1. The summed E-state index contributed by atoms with van der Waals surface area (Å²) in [6, 6.07) is 5.82. The second-order valence-corrected chi connectivity index (χ2v) is 5.12. The van der Waals surface area contributed by atoms with E-state index in [-0.39, 0.29) is 17.7 Å². The number of carbonyl (C=O) groups is 3. The van der Waals surface area contributed by atoms with Gasteiger partial charge in [0.1, 0.15) is 6.04 Å². The second kappa shape index (κ2) is 8.17. The van der Waals surface area contributed by atoms with E-state index in [4.69, 9.17) is 4.74 Å². The van der Waals surface area contributed by atoms with Crippen LogP contribution >= 0.6 is 0 Å². The van der Waals surface area contributed by atoms with Crippen LogP contribution in [0.3, 0.4) is 0 Å². The molecule has 2 atom stereocenters. The molecule has 120 valence electrons. The molecule has 0 saturated heterocycles. The molecular formula is C16H22N2O4. The van der Waals surface area contributed by atoms with Gasteiger partial charge in [-0.2, -0.15) is 0 Å². The molecule has 22 heavy (non-hydrogen) atoms. The van der Waals surface area contributed by atoms with Crippen LogP contribution < -0.4 is 10.6 Å². The zero-order chi connectivity index (χ0) is 16.7. The zero-order valence-corrected chi connectivity index (χ0v) is 13.3. The Morgan fingerprint density at radius 3 is 2.50 bits per heavy atom. The summed E-state index contributed by atoms with van der Waals surface area (Å²) in [5.74, 6) is -1.12. The Labute approximate surface area is 130 Å². The summed E-state index contributed by atoms with van der Waals surface area (Å²) in [6.07, 6.45) is 0.728. The van der Waals surface area contributed by atoms with Crippen LogP contribution in [0.2, 0.25) is 0 Å². The van der Waals surface area contributed by atoms with Crippen LogP contribution in [0.25, 0.3) is 0 Å². The van der Waals surface area contributed by atoms with Gasteiger partial charge in [0.25, 0.3) is 5.91 Å². The van der Waals surface area contributed by atoms with Gasteiger partial charge in [0.15, 0.2) is 0 Å². The van der Waals surface area contributed by atoms with Crippen molar-refractivity contribution >= 4 is 23.5 Å². The number of esters is 1. The van der Waals surface area contributed by atoms with E-state index in [9.17, 15) is 14.4 Å². The quantitative estimate of drug-likeness (QED) is 0.787. The fourth-order valence-electron chi connectivity index (χ4n) is 1.96. The van der Waals surface area contributed by atoms with Gasteiger partial charge in [-0.1, -0.05) is 26.3 Å². The van der Waals surface area contributed by atoms with Gasteiger partial charge in [0, 0.05) is 18.2 Å². The van der Waals surface area contributed by atoms with Gasteiger partial charge >= 0.3 is 5.97 Å². The van der Waals surface area contributed by atoms with Crippen LogP contribution in [0.5, 0.6) is 0 Å². The van der Waals surface area contributed by atoms with E-state index < -0.39 is 12.0 Å². The van der Waals surface area contributed by atoms with Gasteiger partial charge < -0.3 is 15.4 Å². The van der Waals surface area contributed by atoms with Gasteiger partial charge in [0.2, 0.25) is 5.91 Å². The molecule has 0 unspecified atom stereocenters. The number of benzene rings is 1. The van der Waals surface area contributed by atoms with E-state index in [0.717, 1.165) is 6.42 Å².